The molecule has 1 fully saturated rings. The number of alkyl halides is 1. The second-order valence-corrected chi connectivity index (χ2v) is 6.01. The van der Waals surface area contributed by atoms with Gasteiger partial charge in [-0.05, 0) is 31.1 Å². The molecule has 1 aliphatic rings. The first kappa shape index (κ1) is 12.5. The molecule has 0 spiro atoms. The van der Waals surface area contributed by atoms with Crippen molar-refractivity contribution in [3.05, 3.63) is 0 Å². The third-order valence-electron chi connectivity index (χ3n) is 3.86. The van der Waals surface area contributed by atoms with Crippen LogP contribution in [0.4, 0.5) is 0 Å². The van der Waals surface area contributed by atoms with E-state index < -0.39 is 0 Å². The van der Waals surface area contributed by atoms with Crippen LogP contribution in [0.25, 0.3) is 0 Å². The number of halogens is 1. The zero-order valence-electron chi connectivity index (χ0n) is 9.77. The Balaban J connectivity index is 2.39. The van der Waals surface area contributed by atoms with Crippen molar-refractivity contribution in [2.45, 2.75) is 70.0 Å². The van der Waals surface area contributed by atoms with Crippen LogP contribution < -0.4 is 0 Å². The van der Waals surface area contributed by atoms with Crippen LogP contribution in [0, 0.1) is 11.8 Å². The van der Waals surface area contributed by atoms with Gasteiger partial charge in [0, 0.05) is 4.83 Å². The van der Waals surface area contributed by atoms with Crippen molar-refractivity contribution >= 4 is 15.9 Å². The van der Waals surface area contributed by atoms with E-state index in [1.807, 2.05) is 0 Å². The van der Waals surface area contributed by atoms with Crippen LogP contribution in [0.3, 0.4) is 0 Å². The van der Waals surface area contributed by atoms with Gasteiger partial charge in [0.2, 0.25) is 0 Å². The summed E-state index contributed by atoms with van der Waals surface area (Å²) in [5.74, 6) is 1.93. The standard InChI is InChI=1S/C13H25Br/c1-3-11(4-2)10-12-8-6-5-7-9-13(12)14/h11-13H,3-10H2,1-2H3. The minimum absolute atomic E-state index is 0.811. The Kier molecular flexibility index (Phi) is 6.16. The fraction of sp³-hybridized carbons (Fsp3) is 1.00. The third kappa shape index (κ3) is 3.92. The van der Waals surface area contributed by atoms with Gasteiger partial charge < -0.3 is 0 Å². The molecule has 0 aromatic rings. The smallest absolute Gasteiger partial charge is 0.0174 e. The molecule has 0 aromatic carbocycles. The number of hydrogen-bond donors (Lipinski definition) is 0. The van der Waals surface area contributed by atoms with Crippen LogP contribution in [-0.4, -0.2) is 4.83 Å². The highest BCUT2D eigenvalue weighted by molar-refractivity contribution is 9.09. The van der Waals surface area contributed by atoms with Crippen molar-refractivity contribution in [3.8, 4) is 0 Å². The SMILES string of the molecule is CCC(CC)CC1CCCCCC1Br. The summed E-state index contributed by atoms with van der Waals surface area (Å²) >= 11 is 3.89. The van der Waals surface area contributed by atoms with E-state index in [1.165, 1.54) is 51.4 Å². The third-order valence-corrected chi connectivity index (χ3v) is 5.06. The lowest BCUT2D eigenvalue weighted by Crippen LogP contribution is -2.16. The second kappa shape index (κ2) is 6.87. The van der Waals surface area contributed by atoms with Gasteiger partial charge in [0.1, 0.15) is 0 Å². The van der Waals surface area contributed by atoms with E-state index in [-0.39, 0.29) is 0 Å². The Morgan fingerprint density at radius 2 is 1.71 bits per heavy atom. The minimum atomic E-state index is 0.811. The molecule has 1 saturated carbocycles. The van der Waals surface area contributed by atoms with Gasteiger partial charge >= 0.3 is 0 Å². The molecule has 2 atom stereocenters. The summed E-state index contributed by atoms with van der Waals surface area (Å²) in [5.41, 5.74) is 0. The topological polar surface area (TPSA) is 0 Å². The fourth-order valence-electron chi connectivity index (χ4n) is 2.65. The van der Waals surface area contributed by atoms with E-state index in [2.05, 4.69) is 29.8 Å². The average molecular weight is 261 g/mol. The summed E-state index contributed by atoms with van der Waals surface area (Å²) in [6.45, 7) is 4.68. The molecule has 0 radical (unpaired) electrons. The van der Waals surface area contributed by atoms with Crippen molar-refractivity contribution in [2.24, 2.45) is 11.8 Å². The Bertz CT molecular complexity index is 140. The van der Waals surface area contributed by atoms with Gasteiger partial charge in [-0.1, -0.05) is 61.9 Å². The first-order valence-corrected chi connectivity index (χ1v) is 7.33. The maximum atomic E-state index is 3.89. The normalized spacial score (nSPS) is 29.1. The molecular weight excluding hydrogens is 236 g/mol. The molecule has 0 saturated heterocycles. The van der Waals surface area contributed by atoms with Crippen LogP contribution in [0.5, 0.6) is 0 Å². The molecule has 84 valence electrons. The number of rotatable bonds is 4. The zero-order chi connectivity index (χ0) is 10.4. The van der Waals surface area contributed by atoms with Crippen molar-refractivity contribution in [2.75, 3.05) is 0 Å². The Hall–Kier alpha value is 0.480. The summed E-state index contributed by atoms with van der Waals surface area (Å²) in [4.78, 5) is 0.811. The molecule has 1 rings (SSSR count). The van der Waals surface area contributed by atoms with Crippen LogP contribution in [0.1, 0.15) is 65.2 Å². The monoisotopic (exact) mass is 260 g/mol. The Labute approximate surface area is 98.0 Å². The lowest BCUT2D eigenvalue weighted by atomic mass is 9.86. The summed E-state index contributed by atoms with van der Waals surface area (Å²) < 4.78 is 0. The molecule has 14 heavy (non-hydrogen) atoms. The highest BCUT2D eigenvalue weighted by Crippen LogP contribution is 2.34. The van der Waals surface area contributed by atoms with Gasteiger partial charge in [0.15, 0.2) is 0 Å². The van der Waals surface area contributed by atoms with Crippen LogP contribution >= 0.6 is 15.9 Å². The van der Waals surface area contributed by atoms with Gasteiger partial charge in [0.25, 0.3) is 0 Å². The van der Waals surface area contributed by atoms with Gasteiger partial charge in [0.05, 0.1) is 0 Å². The molecule has 1 aliphatic carbocycles. The first-order valence-electron chi connectivity index (χ1n) is 6.42. The molecule has 0 aromatic heterocycles. The molecule has 0 bridgehead atoms. The van der Waals surface area contributed by atoms with Gasteiger partial charge in [-0.25, -0.2) is 0 Å². The summed E-state index contributed by atoms with van der Waals surface area (Å²) in [7, 11) is 0. The predicted octanol–water partition coefficient (Wildman–Crippen LogP) is 5.16. The van der Waals surface area contributed by atoms with E-state index in [9.17, 15) is 0 Å². The van der Waals surface area contributed by atoms with E-state index in [1.54, 1.807) is 0 Å². The predicted molar refractivity (Wildman–Crippen MR) is 68.0 cm³/mol. The van der Waals surface area contributed by atoms with Gasteiger partial charge in [-0.3, -0.25) is 0 Å². The van der Waals surface area contributed by atoms with Crippen LogP contribution in [-0.2, 0) is 0 Å². The zero-order valence-corrected chi connectivity index (χ0v) is 11.4. The van der Waals surface area contributed by atoms with E-state index in [0.717, 1.165) is 16.7 Å². The molecule has 2 unspecified atom stereocenters. The van der Waals surface area contributed by atoms with Crippen LogP contribution in [0.2, 0.25) is 0 Å². The average Bonchev–Trinajstić information content (AvgIpc) is 2.40. The fourth-order valence-corrected chi connectivity index (χ4v) is 3.46. The van der Waals surface area contributed by atoms with E-state index in [0.29, 0.717) is 0 Å². The molecule has 1 heteroatoms. The molecule has 0 aliphatic heterocycles. The highest BCUT2D eigenvalue weighted by atomic mass is 79.9. The minimum Gasteiger partial charge on any atom is -0.0888 e. The lowest BCUT2D eigenvalue weighted by Gasteiger charge is -2.24. The van der Waals surface area contributed by atoms with Crippen LogP contribution in [0.15, 0.2) is 0 Å². The summed E-state index contributed by atoms with van der Waals surface area (Å²) in [6.07, 6.45) is 11.4. The summed E-state index contributed by atoms with van der Waals surface area (Å²) in [6, 6.07) is 0. The van der Waals surface area contributed by atoms with Crippen molar-refractivity contribution in [1.29, 1.82) is 0 Å². The Morgan fingerprint density at radius 1 is 1.07 bits per heavy atom. The van der Waals surface area contributed by atoms with E-state index >= 15 is 0 Å². The first-order chi connectivity index (χ1) is 6.77. The highest BCUT2D eigenvalue weighted by Gasteiger charge is 2.23. The quantitative estimate of drug-likeness (QED) is 0.484. The summed E-state index contributed by atoms with van der Waals surface area (Å²) in [5, 5.41) is 0. The Morgan fingerprint density at radius 3 is 2.36 bits per heavy atom. The van der Waals surface area contributed by atoms with E-state index in [4.69, 9.17) is 0 Å². The number of hydrogen-bond acceptors (Lipinski definition) is 0. The van der Waals surface area contributed by atoms with Crippen molar-refractivity contribution in [3.63, 3.8) is 0 Å². The maximum Gasteiger partial charge on any atom is 0.0174 e. The molecule has 0 nitrogen and oxygen atoms in total. The van der Waals surface area contributed by atoms with Gasteiger partial charge in [-0.15, -0.1) is 0 Å². The maximum absolute atomic E-state index is 3.89. The molecular formula is C13H25Br. The largest absolute Gasteiger partial charge is 0.0888 e. The molecule has 0 amide bonds. The van der Waals surface area contributed by atoms with Crippen molar-refractivity contribution < 1.29 is 0 Å². The molecule has 0 heterocycles. The molecule has 0 N–H and O–H groups in total. The second-order valence-electron chi connectivity index (χ2n) is 4.83. The van der Waals surface area contributed by atoms with Crippen molar-refractivity contribution in [1.82, 2.24) is 0 Å². The van der Waals surface area contributed by atoms with Gasteiger partial charge in [-0.2, -0.15) is 0 Å². The lowest BCUT2D eigenvalue weighted by molar-refractivity contribution is 0.334.